The van der Waals surface area contributed by atoms with Crippen molar-refractivity contribution in [3.63, 3.8) is 0 Å². The highest BCUT2D eigenvalue weighted by atomic mass is 127. The van der Waals surface area contributed by atoms with Crippen LogP contribution in [-0.4, -0.2) is 28.7 Å². The molecule has 0 amide bonds. The largest absolute Gasteiger partial charge is 0.243 e. The van der Waals surface area contributed by atoms with Gasteiger partial charge < -0.3 is 0 Å². The van der Waals surface area contributed by atoms with Gasteiger partial charge in [0.05, 0.1) is 4.90 Å². The fourth-order valence-corrected chi connectivity index (χ4v) is 5.19. The monoisotopic (exact) mass is 441 g/mol. The van der Waals surface area contributed by atoms with Crippen LogP contribution in [0.2, 0.25) is 0 Å². The van der Waals surface area contributed by atoms with Crippen LogP contribution in [0.4, 0.5) is 0 Å². The molecule has 1 saturated heterocycles. The zero-order valence-corrected chi connectivity index (χ0v) is 16.3. The van der Waals surface area contributed by atoms with E-state index >= 15 is 0 Å². The van der Waals surface area contributed by atoms with Gasteiger partial charge in [0.15, 0.2) is 0 Å². The highest BCUT2D eigenvalue weighted by molar-refractivity contribution is 14.1. The minimum absolute atomic E-state index is 0.105. The quantitative estimate of drug-likeness (QED) is 0.510. The van der Waals surface area contributed by atoms with Gasteiger partial charge in [-0.2, -0.15) is 4.31 Å². The number of aryl methyl sites for hydroxylation is 1. The van der Waals surface area contributed by atoms with E-state index in [4.69, 9.17) is 11.6 Å². The van der Waals surface area contributed by atoms with Crippen molar-refractivity contribution in [1.29, 1.82) is 0 Å². The van der Waals surface area contributed by atoms with Crippen molar-refractivity contribution >= 4 is 44.2 Å². The molecule has 1 heterocycles. The molecular formula is C15H21ClINO2S. The topological polar surface area (TPSA) is 37.4 Å². The molecule has 6 heteroatoms. The van der Waals surface area contributed by atoms with Crippen LogP contribution in [0.25, 0.3) is 0 Å². The minimum Gasteiger partial charge on any atom is -0.207 e. The standard InChI is InChI=1S/C15H21ClINO2S/c1-12-5-7-13(8-6-12)21(19,20)18-10-4-9-14(2,3)15(16,17)11-18/h5-8H,4,9-11H2,1-3H3. The number of hydrogen-bond donors (Lipinski definition) is 0. The van der Waals surface area contributed by atoms with Gasteiger partial charge in [0.25, 0.3) is 0 Å². The van der Waals surface area contributed by atoms with Crippen LogP contribution in [0.15, 0.2) is 29.2 Å². The van der Waals surface area contributed by atoms with E-state index in [0.717, 1.165) is 18.4 Å². The Morgan fingerprint density at radius 3 is 2.38 bits per heavy atom. The second-order valence-corrected chi connectivity index (χ2v) is 11.4. The van der Waals surface area contributed by atoms with Crippen LogP contribution in [0.5, 0.6) is 0 Å². The molecule has 0 N–H and O–H groups in total. The van der Waals surface area contributed by atoms with Crippen molar-refractivity contribution in [1.82, 2.24) is 4.31 Å². The van der Waals surface area contributed by atoms with Crippen LogP contribution >= 0.6 is 34.2 Å². The maximum absolute atomic E-state index is 12.8. The first-order valence-corrected chi connectivity index (χ1v) is 9.91. The van der Waals surface area contributed by atoms with Gasteiger partial charge in [-0.3, -0.25) is 0 Å². The predicted molar refractivity (Wildman–Crippen MR) is 95.6 cm³/mol. The second-order valence-electron chi connectivity index (χ2n) is 6.34. The molecule has 1 aliphatic heterocycles. The zero-order valence-electron chi connectivity index (χ0n) is 12.6. The summed E-state index contributed by atoms with van der Waals surface area (Å²) >= 11 is 8.86. The average Bonchev–Trinajstić information content (AvgIpc) is 2.47. The van der Waals surface area contributed by atoms with Crippen LogP contribution in [0, 0.1) is 12.3 Å². The van der Waals surface area contributed by atoms with Crippen LogP contribution in [0.1, 0.15) is 32.3 Å². The van der Waals surface area contributed by atoms with Gasteiger partial charge in [0, 0.05) is 13.1 Å². The molecule has 118 valence electrons. The first kappa shape index (κ1) is 17.5. The molecule has 1 atom stereocenters. The molecule has 3 nitrogen and oxygen atoms in total. The number of halogens is 2. The number of nitrogens with zero attached hydrogens (tertiary/aromatic N) is 1. The Kier molecular flexibility index (Phi) is 4.98. The second kappa shape index (κ2) is 5.98. The molecule has 1 aromatic rings. The highest BCUT2D eigenvalue weighted by Gasteiger charge is 2.46. The van der Waals surface area contributed by atoms with E-state index in [9.17, 15) is 8.42 Å². The lowest BCUT2D eigenvalue weighted by atomic mass is 9.85. The van der Waals surface area contributed by atoms with E-state index < -0.39 is 12.9 Å². The fraction of sp³-hybridized carbons (Fsp3) is 0.600. The summed E-state index contributed by atoms with van der Waals surface area (Å²) in [4.78, 5) is 0.344. The molecule has 2 rings (SSSR count). The number of alkyl halides is 2. The first-order valence-electron chi connectivity index (χ1n) is 7.01. The highest BCUT2D eigenvalue weighted by Crippen LogP contribution is 2.48. The fourth-order valence-electron chi connectivity index (χ4n) is 2.46. The third kappa shape index (κ3) is 3.57. The molecule has 21 heavy (non-hydrogen) atoms. The Morgan fingerprint density at radius 1 is 1.24 bits per heavy atom. The lowest BCUT2D eigenvalue weighted by molar-refractivity contribution is 0.310. The summed E-state index contributed by atoms with van der Waals surface area (Å²) < 4.78 is 26.6. The van der Waals surface area contributed by atoms with E-state index in [0.29, 0.717) is 18.0 Å². The van der Waals surface area contributed by atoms with Gasteiger partial charge in [-0.15, -0.1) is 11.6 Å². The van der Waals surface area contributed by atoms with E-state index in [1.54, 1.807) is 12.1 Å². The van der Waals surface area contributed by atoms with Crippen LogP contribution in [-0.2, 0) is 10.0 Å². The lowest BCUT2D eigenvalue weighted by Crippen LogP contribution is -2.43. The number of benzene rings is 1. The molecule has 1 aliphatic rings. The zero-order chi connectivity index (χ0) is 15.9. The summed E-state index contributed by atoms with van der Waals surface area (Å²) in [6.07, 6.45) is 1.74. The van der Waals surface area contributed by atoms with Crippen molar-refractivity contribution < 1.29 is 8.42 Å². The Labute approximate surface area is 146 Å². The molecule has 0 spiro atoms. The van der Waals surface area contributed by atoms with Crippen molar-refractivity contribution in [2.24, 2.45) is 5.41 Å². The summed E-state index contributed by atoms with van der Waals surface area (Å²) in [7, 11) is -3.48. The molecule has 0 aromatic heterocycles. The molecule has 0 aliphatic carbocycles. The molecular weight excluding hydrogens is 421 g/mol. The molecule has 0 saturated carbocycles. The van der Waals surface area contributed by atoms with Crippen molar-refractivity contribution in [3.8, 4) is 0 Å². The van der Waals surface area contributed by atoms with E-state index in [2.05, 4.69) is 36.4 Å². The SMILES string of the molecule is Cc1ccc(S(=O)(=O)N2CCCC(C)(C)C(Cl)(I)C2)cc1. The minimum atomic E-state index is -3.48. The average molecular weight is 442 g/mol. The molecule has 1 fully saturated rings. The smallest absolute Gasteiger partial charge is 0.207 e. The van der Waals surface area contributed by atoms with Crippen molar-refractivity contribution in [2.75, 3.05) is 13.1 Å². The first-order chi connectivity index (χ1) is 9.56. The molecule has 1 aromatic carbocycles. The Bertz CT molecular complexity index is 611. The summed E-state index contributed by atoms with van der Waals surface area (Å²) in [5.41, 5.74) is 0.943. The number of rotatable bonds is 2. The Morgan fingerprint density at radius 2 is 1.81 bits per heavy atom. The maximum Gasteiger partial charge on any atom is 0.243 e. The molecule has 0 radical (unpaired) electrons. The summed E-state index contributed by atoms with van der Waals surface area (Å²) in [5.74, 6) is 0. The number of hydrogen-bond acceptors (Lipinski definition) is 2. The van der Waals surface area contributed by atoms with Crippen molar-refractivity contribution in [3.05, 3.63) is 29.8 Å². The Balaban J connectivity index is 2.34. The lowest BCUT2D eigenvalue weighted by Gasteiger charge is -2.37. The molecule has 1 unspecified atom stereocenters. The van der Waals surface area contributed by atoms with Crippen LogP contribution in [0.3, 0.4) is 0 Å². The summed E-state index contributed by atoms with van der Waals surface area (Å²) in [5, 5.41) is 0. The normalized spacial score (nSPS) is 27.3. The predicted octanol–water partition coefficient (Wildman–Crippen LogP) is 4.18. The van der Waals surface area contributed by atoms with Gasteiger partial charge in [-0.1, -0.05) is 54.1 Å². The summed E-state index contributed by atoms with van der Waals surface area (Å²) in [6, 6.07) is 6.99. The van der Waals surface area contributed by atoms with Crippen LogP contribution < -0.4 is 0 Å². The maximum atomic E-state index is 12.8. The van der Waals surface area contributed by atoms with E-state index in [1.807, 2.05) is 19.1 Å². The third-order valence-electron chi connectivity index (χ3n) is 4.23. The Hall–Kier alpha value is 0.150. The number of sulfonamides is 1. The van der Waals surface area contributed by atoms with Gasteiger partial charge in [-0.05, 0) is 37.3 Å². The van der Waals surface area contributed by atoms with Gasteiger partial charge in [-0.25, -0.2) is 8.42 Å². The summed E-state index contributed by atoms with van der Waals surface area (Å²) in [6.45, 7) is 7.01. The third-order valence-corrected chi connectivity index (χ3v) is 8.52. The van der Waals surface area contributed by atoms with Gasteiger partial charge in [0.2, 0.25) is 10.0 Å². The molecule has 0 bridgehead atoms. The van der Waals surface area contributed by atoms with E-state index in [-0.39, 0.29) is 5.41 Å². The van der Waals surface area contributed by atoms with Gasteiger partial charge in [0.1, 0.15) is 2.88 Å². The van der Waals surface area contributed by atoms with Gasteiger partial charge >= 0.3 is 0 Å². The van der Waals surface area contributed by atoms with E-state index in [1.165, 1.54) is 4.31 Å². The van der Waals surface area contributed by atoms with Crippen molar-refractivity contribution in [2.45, 2.75) is 41.4 Å².